The average Bonchev–Trinajstić information content (AvgIpc) is 3.98. The Bertz CT molecular complexity index is 2640. The second-order valence-electron chi connectivity index (χ2n) is 12.2. The number of nitrogens with one attached hydrogen (secondary N) is 2. The summed E-state index contributed by atoms with van der Waals surface area (Å²) in [5, 5.41) is 0.677. The largest absolute Gasteiger partial charge is 0.354 e. The Morgan fingerprint density at radius 3 is 1.28 bits per heavy atom. The molecule has 0 aliphatic carbocycles. The molecular formula is C44H28BrClN4. The molecule has 0 fully saturated rings. The molecule has 9 rings (SSSR count). The van der Waals surface area contributed by atoms with Crippen molar-refractivity contribution in [3.05, 3.63) is 167 Å². The highest BCUT2D eigenvalue weighted by Crippen LogP contribution is 2.41. The number of benzene rings is 4. The van der Waals surface area contributed by atoms with Gasteiger partial charge >= 0.3 is 0 Å². The molecule has 238 valence electrons. The Kier molecular flexibility index (Phi) is 7.65. The predicted molar refractivity (Wildman–Crippen MR) is 213 cm³/mol. The van der Waals surface area contributed by atoms with Crippen LogP contribution in [0, 0.1) is 0 Å². The molecule has 8 bridgehead atoms. The molecule has 0 radical (unpaired) electrons. The predicted octanol–water partition coefficient (Wildman–Crippen LogP) is 12.7. The van der Waals surface area contributed by atoms with Gasteiger partial charge in [0.2, 0.25) is 0 Å². The summed E-state index contributed by atoms with van der Waals surface area (Å²) in [6.45, 7) is 0. The van der Waals surface area contributed by atoms with E-state index in [1.54, 1.807) is 0 Å². The van der Waals surface area contributed by atoms with Gasteiger partial charge in [-0.25, -0.2) is 9.97 Å². The molecule has 0 saturated heterocycles. The Labute approximate surface area is 302 Å². The average molecular weight is 728 g/mol. The summed E-state index contributed by atoms with van der Waals surface area (Å²) in [5.41, 5.74) is 15.5. The number of H-pyrrole nitrogens is 2. The molecule has 2 aliphatic rings. The van der Waals surface area contributed by atoms with E-state index >= 15 is 0 Å². The second kappa shape index (κ2) is 12.6. The molecule has 0 unspecified atom stereocenters. The van der Waals surface area contributed by atoms with Crippen LogP contribution in [0.1, 0.15) is 22.8 Å². The van der Waals surface area contributed by atoms with Crippen LogP contribution in [-0.4, -0.2) is 19.9 Å². The first-order valence-corrected chi connectivity index (χ1v) is 17.6. The maximum Gasteiger partial charge on any atom is 0.0879 e. The molecule has 0 saturated carbocycles. The van der Waals surface area contributed by atoms with E-state index in [1.165, 1.54) is 0 Å². The number of nitrogens with zero attached hydrogens (tertiary/aromatic N) is 2. The number of hydrogen-bond donors (Lipinski definition) is 2. The molecule has 5 heterocycles. The molecule has 4 aromatic carbocycles. The molecule has 0 spiro atoms. The van der Waals surface area contributed by atoms with Crippen molar-refractivity contribution < 1.29 is 0 Å². The summed E-state index contributed by atoms with van der Waals surface area (Å²) in [6.07, 6.45) is 6.36. The van der Waals surface area contributed by atoms with Crippen molar-refractivity contribution in [2.75, 3.05) is 0 Å². The Balaban J connectivity index is 1.50. The zero-order valence-electron chi connectivity index (χ0n) is 26.7. The number of aromatic amines is 2. The first kappa shape index (κ1) is 30.3. The minimum atomic E-state index is 0.677. The van der Waals surface area contributed by atoms with Crippen molar-refractivity contribution in [1.82, 2.24) is 19.9 Å². The van der Waals surface area contributed by atoms with Crippen molar-refractivity contribution >= 4 is 72.3 Å². The smallest absolute Gasteiger partial charge is 0.0879 e. The van der Waals surface area contributed by atoms with Crippen LogP contribution in [0.4, 0.5) is 0 Å². The van der Waals surface area contributed by atoms with Crippen LogP contribution >= 0.6 is 27.5 Å². The summed E-state index contributed by atoms with van der Waals surface area (Å²) < 4.78 is 0.892. The second-order valence-corrected chi connectivity index (χ2v) is 13.5. The lowest BCUT2D eigenvalue weighted by atomic mass is 10.0. The van der Waals surface area contributed by atoms with E-state index in [0.29, 0.717) is 5.02 Å². The van der Waals surface area contributed by atoms with Crippen LogP contribution in [0.3, 0.4) is 0 Å². The summed E-state index contributed by atoms with van der Waals surface area (Å²) in [5.74, 6) is 0. The van der Waals surface area contributed by atoms with E-state index in [0.717, 1.165) is 93.8 Å². The van der Waals surface area contributed by atoms with Crippen molar-refractivity contribution in [1.29, 1.82) is 0 Å². The molecule has 4 nitrogen and oxygen atoms in total. The summed E-state index contributed by atoms with van der Waals surface area (Å²) in [4.78, 5) is 18.3. The van der Waals surface area contributed by atoms with Crippen molar-refractivity contribution in [2.24, 2.45) is 0 Å². The van der Waals surface area contributed by atoms with Crippen LogP contribution in [0.15, 0.2) is 140 Å². The molecule has 6 heteroatoms. The number of rotatable bonds is 4. The van der Waals surface area contributed by atoms with Gasteiger partial charge in [-0.1, -0.05) is 115 Å². The fourth-order valence-electron chi connectivity index (χ4n) is 6.89. The minimum Gasteiger partial charge on any atom is -0.354 e. The van der Waals surface area contributed by atoms with E-state index in [1.807, 2.05) is 42.5 Å². The normalized spacial score (nSPS) is 12.2. The standard InChI is InChI=1S/C44H28BrClN4/c45-32-26-39-42(29-14-8-3-9-15-29)37-23-22-35(48-37)40(27-10-4-1-5-11-27)33-20-21-34(47-33)41(28-12-6-2-7-13-28)36-24-25-38(49-36)43(44(32)50-39)30-16-18-31(46)19-17-30/h1-26,48-49H. The maximum atomic E-state index is 6.39. The molecule has 0 amide bonds. The fraction of sp³-hybridized carbons (Fsp3) is 0. The molecular weight excluding hydrogens is 700 g/mol. The van der Waals surface area contributed by atoms with E-state index in [-0.39, 0.29) is 0 Å². The van der Waals surface area contributed by atoms with E-state index in [2.05, 4.69) is 141 Å². The molecule has 0 atom stereocenters. The lowest BCUT2D eigenvalue weighted by molar-refractivity contribution is 1.31. The molecule has 50 heavy (non-hydrogen) atoms. The van der Waals surface area contributed by atoms with Gasteiger partial charge in [0.05, 0.1) is 22.8 Å². The van der Waals surface area contributed by atoms with Gasteiger partial charge in [-0.15, -0.1) is 0 Å². The Morgan fingerprint density at radius 2 is 0.820 bits per heavy atom. The minimum absolute atomic E-state index is 0.677. The summed E-state index contributed by atoms with van der Waals surface area (Å²) in [6, 6.07) is 47.8. The van der Waals surface area contributed by atoms with Gasteiger partial charge in [0, 0.05) is 53.8 Å². The van der Waals surface area contributed by atoms with Crippen LogP contribution in [0.25, 0.3) is 89.3 Å². The highest BCUT2D eigenvalue weighted by atomic mass is 79.9. The Morgan fingerprint density at radius 1 is 0.420 bits per heavy atom. The highest BCUT2D eigenvalue weighted by molar-refractivity contribution is 9.15. The monoisotopic (exact) mass is 726 g/mol. The Hall–Kier alpha value is -5.75. The number of halogens is 2. The van der Waals surface area contributed by atoms with Gasteiger partial charge < -0.3 is 9.97 Å². The third-order valence-electron chi connectivity index (χ3n) is 9.14. The summed E-state index contributed by atoms with van der Waals surface area (Å²) >= 11 is 10.3. The lowest BCUT2D eigenvalue weighted by Gasteiger charge is -2.07. The number of hydrogen-bond acceptors (Lipinski definition) is 2. The highest BCUT2D eigenvalue weighted by Gasteiger charge is 2.21. The van der Waals surface area contributed by atoms with E-state index in [9.17, 15) is 0 Å². The third kappa shape index (κ3) is 5.41. The molecule has 3 aromatic heterocycles. The number of fused-ring (bicyclic) bond motifs is 8. The van der Waals surface area contributed by atoms with Gasteiger partial charge in [0.15, 0.2) is 0 Å². The lowest BCUT2D eigenvalue weighted by Crippen LogP contribution is -1.90. The van der Waals surface area contributed by atoms with Gasteiger partial charge in [0.25, 0.3) is 0 Å². The SMILES string of the molecule is Clc1ccc(-c2c3nc(c(-c4ccccc4)c4ccc([nH]4)c(-c4ccccc4)c4nc(c(-c5ccccc5)c5ccc2[nH]5)C=C4)C=C3Br)cc1. The summed E-state index contributed by atoms with van der Waals surface area (Å²) in [7, 11) is 0. The molecule has 2 aliphatic heterocycles. The van der Waals surface area contributed by atoms with Crippen molar-refractivity contribution in [3.8, 4) is 44.5 Å². The van der Waals surface area contributed by atoms with Gasteiger partial charge in [-0.2, -0.15) is 0 Å². The van der Waals surface area contributed by atoms with Crippen LogP contribution < -0.4 is 0 Å². The quantitative estimate of drug-likeness (QED) is 0.190. The molecule has 7 aromatic rings. The van der Waals surface area contributed by atoms with Crippen molar-refractivity contribution in [3.63, 3.8) is 0 Å². The van der Waals surface area contributed by atoms with Crippen LogP contribution in [0.5, 0.6) is 0 Å². The topological polar surface area (TPSA) is 57.4 Å². The van der Waals surface area contributed by atoms with Gasteiger partial charge in [0.1, 0.15) is 0 Å². The molecule has 2 N–H and O–H groups in total. The number of aromatic nitrogens is 4. The van der Waals surface area contributed by atoms with Crippen LogP contribution in [0.2, 0.25) is 5.02 Å². The maximum absolute atomic E-state index is 6.39. The third-order valence-corrected chi connectivity index (χ3v) is 9.99. The van der Waals surface area contributed by atoms with E-state index in [4.69, 9.17) is 21.6 Å². The van der Waals surface area contributed by atoms with Gasteiger partial charge in [-0.3, -0.25) is 0 Å². The first-order valence-electron chi connectivity index (χ1n) is 16.4. The van der Waals surface area contributed by atoms with E-state index < -0.39 is 0 Å². The van der Waals surface area contributed by atoms with Crippen LogP contribution in [-0.2, 0) is 0 Å². The fourth-order valence-corrected chi connectivity index (χ4v) is 7.52. The van der Waals surface area contributed by atoms with Crippen molar-refractivity contribution in [2.45, 2.75) is 0 Å². The zero-order valence-corrected chi connectivity index (χ0v) is 29.0. The first-order chi connectivity index (χ1) is 24.6. The zero-order chi connectivity index (χ0) is 33.6. The van der Waals surface area contributed by atoms with Gasteiger partial charge in [-0.05, 0) is 92.8 Å².